The minimum absolute atomic E-state index is 0.0241. The van der Waals surface area contributed by atoms with E-state index in [0.717, 1.165) is 12.8 Å². The van der Waals surface area contributed by atoms with E-state index in [0.29, 0.717) is 12.0 Å². The molecule has 1 aliphatic heterocycles. The molecule has 2 amide bonds. The topological polar surface area (TPSA) is 87.6 Å². The normalized spacial score (nSPS) is 25.1. The molecule has 1 aliphatic carbocycles. The van der Waals surface area contributed by atoms with E-state index in [1.165, 1.54) is 17.2 Å². The molecule has 1 N–H and O–H groups in total. The number of rotatable bonds is 3. The molecule has 2 fully saturated rings. The average molecular weight is 274 g/mol. The van der Waals surface area contributed by atoms with E-state index in [1.807, 2.05) is 0 Å². The van der Waals surface area contributed by atoms with Gasteiger partial charge < -0.3 is 5.11 Å². The molecule has 6 heteroatoms. The third kappa shape index (κ3) is 2.07. The maximum Gasteiger partial charge on any atom is 0.354 e. The van der Waals surface area contributed by atoms with E-state index < -0.39 is 5.97 Å². The van der Waals surface area contributed by atoms with Gasteiger partial charge in [0.05, 0.1) is 6.54 Å². The Morgan fingerprint density at radius 2 is 1.90 bits per heavy atom. The molecule has 0 aromatic carbocycles. The first-order chi connectivity index (χ1) is 9.56. The predicted molar refractivity (Wildman–Crippen MR) is 67.6 cm³/mol. The Hall–Kier alpha value is -2.24. The number of carbonyl (C=O) groups is 3. The Morgan fingerprint density at radius 3 is 2.40 bits per heavy atom. The molecule has 104 valence electrons. The number of carbonyl (C=O) groups excluding carboxylic acids is 2. The van der Waals surface area contributed by atoms with Gasteiger partial charge in [0.1, 0.15) is 5.69 Å². The van der Waals surface area contributed by atoms with Crippen LogP contribution in [-0.4, -0.2) is 32.8 Å². The van der Waals surface area contributed by atoms with Gasteiger partial charge in [-0.05, 0) is 30.9 Å². The van der Waals surface area contributed by atoms with Gasteiger partial charge in [-0.3, -0.25) is 14.5 Å². The van der Waals surface area contributed by atoms with Gasteiger partial charge in [0.15, 0.2) is 0 Å². The summed E-state index contributed by atoms with van der Waals surface area (Å²) in [7, 11) is 0. The summed E-state index contributed by atoms with van der Waals surface area (Å²) in [5, 5.41) is 8.78. The zero-order chi connectivity index (χ0) is 14.3. The van der Waals surface area contributed by atoms with E-state index in [4.69, 9.17) is 5.11 Å². The minimum atomic E-state index is -1.10. The molecule has 2 bridgehead atoms. The number of carboxylic acids is 1. The van der Waals surface area contributed by atoms with Crippen molar-refractivity contribution in [1.82, 2.24) is 9.88 Å². The number of pyridine rings is 1. The van der Waals surface area contributed by atoms with Crippen LogP contribution < -0.4 is 0 Å². The highest BCUT2D eigenvalue weighted by molar-refractivity contribution is 6.00. The highest BCUT2D eigenvalue weighted by Gasteiger charge is 2.45. The maximum atomic E-state index is 12.2. The first-order valence-corrected chi connectivity index (χ1v) is 6.59. The zero-order valence-corrected chi connectivity index (χ0v) is 10.8. The summed E-state index contributed by atoms with van der Waals surface area (Å²) in [6, 6.07) is 2.97. The summed E-state index contributed by atoms with van der Waals surface area (Å²) < 4.78 is 0. The van der Waals surface area contributed by atoms with E-state index in [-0.39, 0.29) is 35.9 Å². The molecule has 2 heterocycles. The van der Waals surface area contributed by atoms with Gasteiger partial charge in [-0.2, -0.15) is 0 Å². The molecule has 2 atom stereocenters. The van der Waals surface area contributed by atoms with Crippen molar-refractivity contribution >= 4 is 17.8 Å². The van der Waals surface area contributed by atoms with Gasteiger partial charge in [0, 0.05) is 18.0 Å². The van der Waals surface area contributed by atoms with Gasteiger partial charge in [0.2, 0.25) is 11.8 Å². The summed E-state index contributed by atoms with van der Waals surface area (Å²) in [6.45, 7) is 0.178. The molecular weight excluding hydrogens is 260 g/mol. The Kier molecular flexibility index (Phi) is 3.00. The maximum absolute atomic E-state index is 12.2. The lowest BCUT2D eigenvalue weighted by molar-refractivity contribution is -0.153. The van der Waals surface area contributed by atoms with Crippen molar-refractivity contribution in [1.29, 1.82) is 0 Å². The molecule has 2 aliphatic rings. The predicted octanol–water partition coefficient (Wildman–Crippen LogP) is 1.06. The third-order valence-corrected chi connectivity index (χ3v) is 4.05. The van der Waals surface area contributed by atoms with Crippen molar-refractivity contribution in [3.63, 3.8) is 0 Å². The molecule has 1 aromatic heterocycles. The molecule has 1 saturated heterocycles. The van der Waals surface area contributed by atoms with Gasteiger partial charge in [-0.25, -0.2) is 9.78 Å². The van der Waals surface area contributed by atoms with Crippen LogP contribution in [0, 0.1) is 11.8 Å². The monoisotopic (exact) mass is 274 g/mol. The van der Waals surface area contributed by atoms with E-state index in [1.54, 1.807) is 6.07 Å². The van der Waals surface area contributed by atoms with Crippen molar-refractivity contribution in [2.45, 2.75) is 25.8 Å². The molecule has 1 aromatic rings. The van der Waals surface area contributed by atoms with E-state index >= 15 is 0 Å². The van der Waals surface area contributed by atoms with Crippen molar-refractivity contribution < 1.29 is 19.5 Å². The Balaban J connectivity index is 1.78. The van der Waals surface area contributed by atoms with Crippen molar-refractivity contribution in [2.24, 2.45) is 11.8 Å². The number of nitrogens with zero attached hydrogens (tertiary/aromatic N) is 2. The van der Waals surface area contributed by atoms with Crippen LogP contribution in [0.2, 0.25) is 0 Å². The SMILES string of the molecule is O=C(O)c1ccc(CN2C(=O)C3CCC(C3)C2=O)cn1. The number of aromatic carboxylic acids is 1. The second-order valence-corrected chi connectivity index (χ2v) is 5.33. The number of carboxylic acid groups (broad SMARTS) is 1. The quantitative estimate of drug-likeness (QED) is 0.833. The second kappa shape index (κ2) is 4.70. The standard InChI is InChI=1S/C14H14N2O4/c17-12-9-2-3-10(5-9)13(18)16(12)7-8-1-4-11(14(19)20)15-6-8/h1,4,6,9-10H,2-3,5,7H2,(H,19,20). The van der Waals surface area contributed by atoms with Crippen LogP contribution in [0.1, 0.15) is 35.3 Å². The number of aromatic nitrogens is 1. The number of imide groups is 1. The molecule has 1 saturated carbocycles. The van der Waals surface area contributed by atoms with Crippen LogP contribution in [0.3, 0.4) is 0 Å². The van der Waals surface area contributed by atoms with Gasteiger partial charge in [-0.15, -0.1) is 0 Å². The number of hydrogen-bond donors (Lipinski definition) is 1. The number of likely N-dealkylation sites (tertiary alicyclic amines) is 1. The van der Waals surface area contributed by atoms with Gasteiger partial charge in [-0.1, -0.05) is 6.07 Å². The summed E-state index contributed by atoms with van der Waals surface area (Å²) in [6.07, 6.45) is 3.68. The fourth-order valence-corrected chi connectivity index (χ4v) is 2.96. The first kappa shape index (κ1) is 12.8. The second-order valence-electron chi connectivity index (χ2n) is 5.33. The summed E-state index contributed by atoms with van der Waals surface area (Å²) in [4.78, 5) is 40.1. The number of piperidine rings is 1. The lowest BCUT2D eigenvalue weighted by Gasteiger charge is -2.29. The van der Waals surface area contributed by atoms with Crippen LogP contribution in [-0.2, 0) is 16.1 Å². The Labute approximate surface area is 115 Å². The largest absolute Gasteiger partial charge is 0.477 e. The highest BCUT2D eigenvalue weighted by atomic mass is 16.4. The summed E-state index contributed by atoms with van der Waals surface area (Å²) >= 11 is 0. The molecular formula is C14H14N2O4. The fraction of sp³-hybridized carbons (Fsp3) is 0.429. The summed E-state index contributed by atoms with van der Waals surface area (Å²) in [5.74, 6) is -1.36. The molecule has 3 rings (SSSR count). The third-order valence-electron chi connectivity index (χ3n) is 4.05. The molecule has 0 spiro atoms. The molecule has 6 nitrogen and oxygen atoms in total. The molecule has 0 radical (unpaired) electrons. The number of amides is 2. The van der Waals surface area contributed by atoms with E-state index in [9.17, 15) is 14.4 Å². The minimum Gasteiger partial charge on any atom is -0.477 e. The number of hydrogen-bond acceptors (Lipinski definition) is 4. The zero-order valence-electron chi connectivity index (χ0n) is 10.8. The first-order valence-electron chi connectivity index (χ1n) is 6.59. The molecule has 2 unspecified atom stereocenters. The van der Waals surface area contributed by atoms with Crippen molar-refractivity contribution in [3.8, 4) is 0 Å². The van der Waals surface area contributed by atoms with Crippen LogP contribution in [0.4, 0.5) is 0 Å². The van der Waals surface area contributed by atoms with Crippen LogP contribution in [0.25, 0.3) is 0 Å². The average Bonchev–Trinajstić information content (AvgIpc) is 2.89. The lowest BCUT2D eigenvalue weighted by Crippen LogP contribution is -2.45. The molecule has 20 heavy (non-hydrogen) atoms. The Morgan fingerprint density at radius 1 is 1.25 bits per heavy atom. The summed E-state index contributed by atoms with van der Waals surface area (Å²) in [5.41, 5.74) is 0.614. The van der Waals surface area contributed by atoms with Crippen LogP contribution in [0.5, 0.6) is 0 Å². The fourth-order valence-electron chi connectivity index (χ4n) is 2.96. The van der Waals surface area contributed by atoms with E-state index in [2.05, 4.69) is 4.98 Å². The lowest BCUT2D eigenvalue weighted by atomic mass is 9.97. The highest BCUT2D eigenvalue weighted by Crippen LogP contribution is 2.38. The van der Waals surface area contributed by atoms with Crippen molar-refractivity contribution in [2.75, 3.05) is 0 Å². The van der Waals surface area contributed by atoms with Gasteiger partial charge >= 0.3 is 5.97 Å². The van der Waals surface area contributed by atoms with Gasteiger partial charge in [0.25, 0.3) is 0 Å². The van der Waals surface area contributed by atoms with Crippen molar-refractivity contribution in [3.05, 3.63) is 29.6 Å². The smallest absolute Gasteiger partial charge is 0.354 e. The number of fused-ring (bicyclic) bond motifs is 2. The van der Waals surface area contributed by atoms with Crippen LogP contribution >= 0.6 is 0 Å². The Bertz CT molecular complexity index is 559. The van der Waals surface area contributed by atoms with Crippen LogP contribution in [0.15, 0.2) is 18.3 Å².